The van der Waals surface area contributed by atoms with E-state index in [-0.39, 0.29) is 0 Å². The Morgan fingerprint density at radius 3 is 2.67 bits per heavy atom. The van der Waals surface area contributed by atoms with Crippen molar-refractivity contribution in [1.29, 1.82) is 0 Å². The number of hydrogen-bond donors (Lipinski definition) is 2. The summed E-state index contributed by atoms with van der Waals surface area (Å²) in [5, 5.41) is 12.2. The molecule has 1 fully saturated rings. The van der Waals surface area contributed by atoms with Gasteiger partial charge in [0.25, 0.3) is 0 Å². The van der Waals surface area contributed by atoms with Crippen LogP contribution in [0.3, 0.4) is 0 Å². The lowest BCUT2D eigenvalue weighted by atomic mass is 10.1. The van der Waals surface area contributed by atoms with Gasteiger partial charge < -0.3 is 15.3 Å². The van der Waals surface area contributed by atoms with Crippen LogP contribution >= 0.6 is 0 Å². The lowest BCUT2D eigenvalue weighted by Gasteiger charge is -2.22. The number of hydrogen-bond acceptors (Lipinski definition) is 3. The van der Waals surface area contributed by atoms with E-state index in [1.165, 1.54) is 25.7 Å². The van der Waals surface area contributed by atoms with Crippen LogP contribution in [0, 0.1) is 5.92 Å². The molecule has 0 spiro atoms. The van der Waals surface area contributed by atoms with E-state index in [9.17, 15) is 4.79 Å². The Kier molecular flexibility index (Phi) is 7.28. The van der Waals surface area contributed by atoms with E-state index in [2.05, 4.69) is 24.2 Å². The summed E-state index contributed by atoms with van der Waals surface area (Å²) in [7, 11) is 2.11. The molecule has 0 radical (unpaired) electrons. The Labute approximate surface area is 111 Å². The van der Waals surface area contributed by atoms with E-state index in [1.807, 2.05) is 0 Å². The summed E-state index contributed by atoms with van der Waals surface area (Å²) >= 11 is 0. The van der Waals surface area contributed by atoms with Crippen LogP contribution < -0.4 is 5.32 Å². The van der Waals surface area contributed by atoms with Gasteiger partial charge in [0.1, 0.15) is 6.04 Å². The number of carboxylic acids is 1. The second-order valence-electron chi connectivity index (χ2n) is 5.55. The second kappa shape index (κ2) is 8.48. The fourth-order valence-electron chi connectivity index (χ4n) is 2.71. The van der Waals surface area contributed by atoms with Crippen molar-refractivity contribution in [2.75, 3.05) is 26.7 Å². The molecule has 106 valence electrons. The molecule has 1 saturated carbocycles. The molecule has 0 aromatic heterocycles. The van der Waals surface area contributed by atoms with Gasteiger partial charge in [-0.2, -0.15) is 0 Å². The largest absolute Gasteiger partial charge is 0.480 e. The van der Waals surface area contributed by atoms with Crippen LogP contribution in [-0.4, -0.2) is 48.7 Å². The zero-order chi connectivity index (χ0) is 13.4. The summed E-state index contributed by atoms with van der Waals surface area (Å²) in [6, 6.07) is -0.393. The Balaban J connectivity index is 2.20. The van der Waals surface area contributed by atoms with Crippen molar-refractivity contribution in [3.63, 3.8) is 0 Å². The molecule has 0 bridgehead atoms. The van der Waals surface area contributed by atoms with Crippen molar-refractivity contribution in [2.24, 2.45) is 5.92 Å². The lowest BCUT2D eigenvalue weighted by molar-refractivity contribution is -0.139. The van der Waals surface area contributed by atoms with Crippen LogP contribution in [-0.2, 0) is 4.79 Å². The zero-order valence-corrected chi connectivity index (χ0v) is 11.8. The van der Waals surface area contributed by atoms with Crippen molar-refractivity contribution in [2.45, 2.75) is 51.5 Å². The van der Waals surface area contributed by atoms with Crippen molar-refractivity contribution >= 4 is 5.97 Å². The van der Waals surface area contributed by atoms with E-state index in [4.69, 9.17) is 5.11 Å². The van der Waals surface area contributed by atoms with E-state index >= 15 is 0 Å². The molecule has 1 aliphatic carbocycles. The van der Waals surface area contributed by atoms with Crippen LogP contribution in [0.5, 0.6) is 0 Å². The van der Waals surface area contributed by atoms with Crippen LogP contribution in [0.2, 0.25) is 0 Å². The van der Waals surface area contributed by atoms with Crippen LogP contribution in [0.25, 0.3) is 0 Å². The van der Waals surface area contributed by atoms with Gasteiger partial charge >= 0.3 is 5.97 Å². The maximum atomic E-state index is 11.1. The minimum Gasteiger partial charge on any atom is -0.480 e. The third kappa shape index (κ3) is 5.83. The fourth-order valence-corrected chi connectivity index (χ4v) is 2.71. The average molecular weight is 256 g/mol. The smallest absolute Gasteiger partial charge is 0.320 e. The predicted molar refractivity (Wildman–Crippen MR) is 73.8 cm³/mol. The van der Waals surface area contributed by atoms with E-state index < -0.39 is 12.0 Å². The summed E-state index contributed by atoms with van der Waals surface area (Å²) in [6.45, 7) is 4.83. The highest BCUT2D eigenvalue weighted by atomic mass is 16.4. The van der Waals surface area contributed by atoms with Crippen molar-refractivity contribution in [3.8, 4) is 0 Å². The molecule has 4 nitrogen and oxygen atoms in total. The zero-order valence-electron chi connectivity index (χ0n) is 11.8. The Morgan fingerprint density at radius 2 is 2.11 bits per heavy atom. The third-order valence-electron chi connectivity index (χ3n) is 3.78. The maximum absolute atomic E-state index is 11.1. The quantitative estimate of drug-likeness (QED) is 0.662. The highest BCUT2D eigenvalue weighted by Gasteiger charge is 2.19. The molecular weight excluding hydrogens is 228 g/mol. The summed E-state index contributed by atoms with van der Waals surface area (Å²) in [6.07, 6.45) is 7.10. The summed E-state index contributed by atoms with van der Waals surface area (Å²) in [4.78, 5) is 13.4. The van der Waals surface area contributed by atoms with Gasteiger partial charge in [-0.1, -0.05) is 19.8 Å². The van der Waals surface area contributed by atoms with Crippen LogP contribution in [0.15, 0.2) is 0 Å². The van der Waals surface area contributed by atoms with Gasteiger partial charge in [0.15, 0.2) is 0 Å². The molecule has 1 atom stereocenters. The molecule has 2 N–H and O–H groups in total. The van der Waals surface area contributed by atoms with Gasteiger partial charge in [0, 0.05) is 6.54 Å². The van der Waals surface area contributed by atoms with Gasteiger partial charge in [0.05, 0.1) is 0 Å². The topological polar surface area (TPSA) is 52.6 Å². The molecule has 0 amide bonds. The number of aliphatic carboxylic acids is 1. The highest BCUT2D eigenvalue weighted by Crippen LogP contribution is 2.25. The van der Waals surface area contributed by atoms with E-state index in [0.717, 1.165) is 32.0 Å². The van der Waals surface area contributed by atoms with Gasteiger partial charge in [-0.15, -0.1) is 0 Å². The first kappa shape index (κ1) is 15.4. The molecule has 1 unspecified atom stereocenters. The lowest BCUT2D eigenvalue weighted by Crippen LogP contribution is -2.40. The van der Waals surface area contributed by atoms with Crippen LogP contribution in [0.1, 0.15) is 45.4 Å². The Bertz CT molecular complexity index is 240. The number of carbonyl (C=O) groups is 1. The summed E-state index contributed by atoms with van der Waals surface area (Å²) < 4.78 is 0. The Hall–Kier alpha value is -0.610. The van der Waals surface area contributed by atoms with Crippen molar-refractivity contribution in [1.82, 2.24) is 10.2 Å². The van der Waals surface area contributed by atoms with E-state index in [0.29, 0.717) is 6.42 Å². The molecule has 1 aliphatic rings. The maximum Gasteiger partial charge on any atom is 0.320 e. The van der Waals surface area contributed by atoms with Gasteiger partial charge in [-0.3, -0.25) is 4.79 Å². The first-order chi connectivity index (χ1) is 8.63. The third-order valence-corrected chi connectivity index (χ3v) is 3.78. The Morgan fingerprint density at radius 1 is 1.44 bits per heavy atom. The minimum absolute atomic E-state index is 0.393. The molecule has 0 aromatic carbocycles. The molecule has 0 aliphatic heterocycles. The van der Waals surface area contributed by atoms with E-state index in [1.54, 1.807) is 0 Å². The summed E-state index contributed by atoms with van der Waals surface area (Å²) in [5.74, 6) is 0.111. The van der Waals surface area contributed by atoms with Crippen LogP contribution in [0.4, 0.5) is 0 Å². The molecule has 4 heteroatoms. The van der Waals surface area contributed by atoms with Gasteiger partial charge in [-0.25, -0.2) is 0 Å². The molecule has 0 aromatic rings. The molecule has 0 saturated heterocycles. The first-order valence-electron chi connectivity index (χ1n) is 7.28. The van der Waals surface area contributed by atoms with Gasteiger partial charge in [-0.05, 0) is 51.7 Å². The number of nitrogens with zero attached hydrogens (tertiary/aromatic N) is 1. The fraction of sp³-hybridized carbons (Fsp3) is 0.929. The molecule has 1 rings (SSSR count). The predicted octanol–water partition coefficient (Wildman–Crippen LogP) is 1.95. The normalized spacial score (nSPS) is 18.4. The standard InChI is InChI=1S/C14H28N2O2/c1-3-9-15-13(14(17)18)8-10-16(2)11-12-6-4-5-7-12/h12-13,15H,3-11H2,1-2H3,(H,17,18). The average Bonchev–Trinajstić information content (AvgIpc) is 2.81. The number of rotatable bonds is 9. The van der Waals surface area contributed by atoms with Crippen molar-refractivity contribution in [3.05, 3.63) is 0 Å². The second-order valence-corrected chi connectivity index (χ2v) is 5.55. The summed E-state index contributed by atoms with van der Waals surface area (Å²) in [5.41, 5.74) is 0. The first-order valence-corrected chi connectivity index (χ1v) is 7.28. The number of nitrogens with one attached hydrogen (secondary N) is 1. The minimum atomic E-state index is -0.724. The SMILES string of the molecule is CCCNC(CCN(C)CC1CCCC1)C(=O)O. The van der Waals surface area contributed by atoms with Crippen molar-refractivity contribution < 1.29 is 9.90 Å². The highest BCUT2D eigenvalue weighted by molar-refractivity contribution is 5.73. The molecule has 0 heterocycles. The molecular formula is C14H28N2O2. The van der Waals surface area contributed by atoms with Gasteiger partial charge in [0.2, 0.25) is 0 Å². The monoisotopic (exact) mass is 256 g/mol. The molecule has 18 heavy (non-hydrogen) atoms. The number of carboxylic acid groups (broad SMARTS) is 1.